The fourth-order valence-corrected chi connectivity index (χ4v) is 2.65. The first-order valence-corrected chi connectivity index (χ1v) is 8.88. The van der Waals surface area contributed by atoms with Gasteiger partial charge in [0.2, 0.25) is 0 Å². The van der Waals surface area contributed by atoms with Crippen molar-refractivity contribution in [2.24, 2.45) is 0 Å². The summed E-state index contributed by atoms with van der Waals surface area (Å²) >= 11 is 5.93. The van der Waals surface area contributed by atoms with Crippen molar-refractivity contribution in [1.29, 1.82) is 5.26 Å². The molecule has 0 aliphatic carbocycles. The van der Waals surface area contributed by atoms with Gasteiger partial charge in [0.05, 0.1) is 10.6 Å². The summed E-state index contributed by atoms with van der Waals surface area (Å²) in [5, 5.41) is 9.10. The molecule has 0 saturated carbocycles. The maximum atomic E-state index is 12.1. The Labute approximate surface area is 153 Å². The third-order valence-electron chi connectivity index (χ3n) is 3.87. The van der Waals surface area contributed by atoms with Crippen LogP contribution in [0.4, 0.5) is 0 Å². The zero-order valence-electron chi connectivity index (χ0n) is 14.3. The van der Waals surface area contributed by atoms with Gasteiger partial charge in [0.25, 0.3) is 0 Å². The van der Waals surface area contributed by atoms with Gasteiger partial charge in [0, 0.05) is 12.3 Å². The van der Waals surface area contributed by atoms with Crippen LogP contribution in [-0.4, -0.2) is 11.0 Å². The molecule has 0 amide bonds. The lowest BCUT2D eigenvalue weighted by atomic mass is 10.1. The number of nitriles is 1. The van der Waals surface area contributed by atoms with E-state index in [1.807, 2.05) is 12.1 Å². The highest BCUT2D eigenvalue weighted by Crippen LogP contribution is 2.22. The fraction of sp³-hybridized carbons (Fsp3) is 0.350. The first-order valence-electron chi connectivity index (χ1n) is 8.50. The Balaban J connectivity index is 1.89. The number of carbonyl (C=O) groups excluding carboxylic acids is 1. The zero-order valence-corrected chi connectivity index (χ0v) is 15.1. The predicted molar refractivity (Wildman–Crippen MR) is 97.8 cm³/mol. The van der Waals surface area contributed by atoms with Crippen molar-refractivity contribution in [3.05, 3.63) is 58.4 Å². The van der Waals surface area contributed by atoms with Gasteiger partial charge in [-0.25, -0.2) is 9.78 Å². The van der Waals surface area contributed by atoms with E-state index in [0.717, 1.165) is 18.4 Å². The highest BCUT2D eigenvalue weighted by molar-refractivity contribution is 6.31. The van der Waals surface area contributed by atoms with E-state index in [1.54, 1.807) is 12.3 Å². The SMILES string of the molecule is CCCCCCCc1ccc(C(=O)Oc2ccc(C#N)c(Cl)c2)nc1. The van der Waals surface area contributed by atoms with Gasteiger partial charge < -0.3 is 4.74 Å². The Hall–Kier alpha value is -2.38. The number of esters is 1. The third-order valence-corrected chi connectivity index (χ3v) is 4.19. The molecule has 25 heavy (non-hydrogen) atoms. The molecule has 1 aromatic heterocycles. The van der Waals surface area contributed by atoms with Crippen LogP contribution in [0.25, 0.3) is 0 Å². The number of hydrogen-bond donors (Lipinski definition) is 0. The number of aromatic nitrogens is 1. The molecule has 130 valence electrons. The molecular formula is C20H21ClN2O2. The maximum Gasteiger partial charge on any atom is 0.362 e. The van der Waals surface area contributed by atoms with Gasteiger partial charge >= 0.3 is 5.97 Å². The second-order valence-electron chi connectivity index (χ2n) is 5.86. The van der Waals surface area contributed by atoms with Gasteiger partial charge in [-0.3, -0.25) is 0 Å². The molecule has 2 aromatic rings. The van der Waals surface area contributed by atoms with E-state index < -0.39 is 5.97 Å². The van der Waals surface area contributed by atoms with E-state index in [4.69, 9.17) is 21.6 Å². The standard InChI is InChI=1S/C20H21ClN2O2/c1-2-3-4-5-6-7-15-8-11-19(23-14-15)20(24)25-17-10-9-16(13-22)18(21)12-17/h8-12,14H,2-7H2,1H3. The summed E-state index contributed by atoms with van der Waals surface area (Å²) in [5.41, 5.74) is 1.70. The summed E-state index contributed by atoms with van der Waals surface area (Å²) in [7, 11) is 0. The molecule has 0 N–H and O–H groups in total. The quantitative estimate of drug-likeness (QED) is 0.364. The first kappa shape index (κ1) is 19.0. The highest BCUT2D eigenvalue weighted by Gasteiger charge is 2.11. The minimum absolute atomic E-state index is 0.246. The van der Waals surface area contributed by atoms with E-state index in [0.29, 0.717) is 5.56 Å². The number of hydrogen-bond acceptors (Lipinski definition) is 4. The van der Waals surface area contributed by atoms with Gasteiger partial charge in [-0.05, 0) is 36.6 Å². The lowest BCUT2D eigenvalue weighted by Crippen LogP contribution is -2.10. The molecular weight excluding hydrogens is 336 g/mol. The van der Waals surface area contributed by atoms with E-state index in [-0.39, 0.29) is 16.5 Å². The Bertz CT molecular complexity index is 751. The van der Waals surface area contributed by atoms with E-state index >= 15 is 0 Å². The first-order chi connectivity index (χ1) is 12.1. The molecule has 5 heteroatoms. The van der Waals surface area contributed by atoms with Crippen LogP contribution in [0.15, 0.2) is 36.5 Å². The minimum atomic E-state index is -0.546. The fourth-order valence-electron chi connectivity index (χ4n) is 2.44. The molecule has 0 unspecified atom stereocenters. The molecule has 0 bridgehead atoms. The second-order valence-corrected chi connectivity index (χ2v) is 6.27. The van der Waals surface area contributed by atoms with Crippen LogP contribution in [-0.2, 0) is 6.42 Å². The lowest BCUT2D eigenvalue weighted by molar-refractivity contribution is 0.0728. The van der Waals surface area contributed by atoms with Gasteiger partial charge in [0.15, 0.2) is 0 Å². The van der Waals surface area contributed by atoms with Crippen LogP contribution in [0.2, 0.25) is 5.02 Å². The smallest absolute Gasteiger partial charge is 0.362 e. The minimum Gasteiger partial charge on any atom is -0.422 e. The largest absolute Gasteiger partial charge is 0.422 e. The number of halogens is 1. The van der Waals surface area contributed by atoms with Crippen LogP contribution in [0.3, 0.4) is 0 Å². The molecule has 0 atom stereocenters. The van der Waals surface area contributed by atoms with Crippen molar-refractivity contribution < 1.29 is 9.53 Å². The molecule has 0 spiro atoms. The van der Waals surface area contributed by atoms with Gasteiger partial charge in [-0.2, -0.15) is 5.26 Å². The molecule has 0 aliphatic heterocycles. The number of aryl methyl sites for hydroxylation is 1. The Morgan fingerprint density at radius 3 is 2.64 bits per heavy atom. The van der Waals surface area contributed by atoms with Crippen LogP contribution >= 0.6 is 11.6 Å². The summed E-state index contributed by atoms with van der Waals surface area (Å²) in [4.78, 5) is 16.3. The van der Waals surface area contributed by atoms with Gasteiger partial charge in [-0.15, -0.1) is 0 Å². The molecule has 1 heterocycles. The second kappa shape index (κ2) is 9.80. The molecule has 2 rings (SSSR count). The average molecular weight is 357 g/mol. The molecule has 0 aliphatic rings. The van der Waals surface area contributed by atoms with Crippen molar-refractivity contribution >= 4 is 17.6 Å². The van der Waals surface area contributed by atoms with Crippen LogP contribution in [0.5, 0.6) is 5.75 Å². The Morgan fingerprint density at radius 1 is 1.20 bits per heavy atom. The monoisotopic (exact) mass is 356 g/mol. The molecule has 0 saturated heterocycles. The highest BCUT2D eigenvalue weighted by atomic mass is 35.5. The summed E-state index contributed by atoms with van der Waals surface area (Å²) in [6.07, 6.45) is 8.83. The molecule has 0 fully saturated rings. The molecule has 1 aromatic carbocycles. The Kier molecular flexibility index (Phi) is 7.43. The van der Waals surface area contributed by atoms with Crippen molar-refractivity contribution in [2.75, 3.05) is 0 Å². The third kappa shape index (κ3) is 5.88. The number of benzene rings is 1. The number of ether oxygens (including phenoxy) is 1. The van der Waals surface area contributed by atoms with E-state index in [9.17, 15) is 4.79 Å². The molecule has 0 radical (unpaired) electrons. The summed E-state index contributed by atoms with van der Waals surface area (Å²) < 4.78 is 5.25. The van der Waals surface area contributed by atoms with Crippen molar-refractivity contribution in [2.45, 2.75) is 45.4 Å². The summed E-state index contributed by atoms with van der Waals surface area (Å²) in [5.74, 6) is -0.258. The lowest BCUT2D eigenvalue weighted by Gasteiger charge is -2.06. The number of nitrogens with zero attached hydrogens (tertiary/aromatic N) is 2. The van der Waals surface area contributed by atoms with Gasteiger partial charge in [0.1, 0.15) is 17.5 Å². The number of carbonyl (C=O) groups is 1. The Morgan fingerprint density at radius 2 is 2.00 bits per heavy atom. The maximum absolute atomic E-state index is 12.1. The summed E-state index contributed by atoms with van der Waals surface area (Å²) in [6.45, 7) is 2.20. The average Bonchev–Trinajstić information content (AvgIpc) is 2.62. The summed E-state index contributed by atoms with van der Waals surface area (Å²) in [6, 6.07) is 10.0. The van der Waals surface area contributed by atoms with E-state index in [1.165, 1.54) is 43.9 Å². The predicted octanol–water partition coefficient (Wildman–Crippen LogP) is 5.34. The van der Waals surface area contributed by atoms with E-state index in [2.05, 4.69) is 11.9 Å². The normalized spacial score (nSPS) is 10.3. The number of rotatable bonds is 8. The number of unbranched alkanes of at least 4 members (excludes halogenated alkanes) is 4. The molecule has 4 nitrogen and oxygen atoms in total. The zero-order chi connectivity index (χ0) is 18.1. The van der Waals surface area contributed by atoms with Crippen LogP contribution < -0.4 is 4.74 Å². The van der Waals surface area contributed by atoms with Crippen LogP contribution in [0, 0.1) is 11.3 Å². The topological polar surface area (TPSA) is 63.0 Å². The number of pyridine rings is 1. The van der Waals surface area contributed by atoms with Crippen LogP contribution in [0.1, 0.15) is 60.6 Å². The van der Waals surface area contributed by atoms with Crippen molar-refractivity contribution in [3.63, 3.8) is 0 Å². The van der Waals surface area contributed by atoms with Gasteiger partial charge in [-0.1, -0.05) is 50.3 Å². The van der Waals surface area contributed by atoms with Crippen molar-refractivity contribution in [3.8, 4) is 11.8 Å². The van der Waals surface area contributed by atoms with Crippen molar-refractivity contribution in [1.82, 2.24) is 4.98 Å².